The van der Waals surface area contributed by atoms with Crippen molar-refractivity contribution in [2.45, 2.75) is 47.5 Å². The number of rotatable bonds is 6. The molecule has 1 aromatic carbocycles. The average Bonchev–Trinajstić information content (AvgIpc) is 2.81. The molecular weight excluding hydrogens is 288 g/mol. The molecule has 4 nitrogen and oxygen atoms in total. The third-order valence-electron chi connectivity index (χ3n) is 4.05. The van der Waals surface area contributed by atoms with Gasteiger partial charge in [-0.05, 0) is 62.4 Å². The summed E-state index contributed by atoms with van der Waals surface area (Å²) in [5, 5.41) is 4.38. The largest absolute Gasteiger partial charge is 0.494 e. The minimum atomic E-state index is -0.0981. The summed E-state index contributed by atoms with van der Waals surface area (Å²) in [6.45, 7) is 11.0. The minimum absolute atomic E-state index is 0.0981. The first-order valence-electron chi connectivity index (χ1n) is 8.26. The third-order valence-corrected chi connectivity index (χ3v) is 4.05. The second kappa shape index (κ2) is 7.44. The van der Waals surface area contributed by atoms with E-state index < -0.39 is 0 Å². The molecule has 0 spiro atoms. The summed E-state index contributed by atoms with van der Waals surface area (Å²) in [6, 6.07) is 7.30. The van der Waals surface area contributed by atoms with Gasteiger partial charge in [0.15, 0.2) is 0 Å². The molecule has 0 bridgehead atoms. The highest BCUT2D eigenvalue weighted by Crippen LogP contribution is 2.17. The fourth-order valence-corrected chi connectivity index (χ4v) is 2.61. The zero-order valence-corrected chi connectivity index (χ0v) is 14.7. The van der Waals surface area contributed by atoms with Gasteiger partial charge in [0.2, 0.25) is 0 Å². The molecule has 124 valence electrons. The van der Waals surface area contributed by atoms with E-state index in [1.165, 1.54) is 4.68 Å². The number of hydrogen-bond donors (Lipinski definition) is 0. The van der Waals surface area contributed by atoms with Gasteiger partial charge < -0.3 is 4.74 Å². The Labute approximate surface area is 138 Å². The van der Waals surface area contributed by atoms with E-state index in [9.17, 15) is 4.79 Å². The van der Waals surface area contributed by atoms with Crippen LogP contribution in [0.2, 0.25) is 0 Å². The summed E-state index contributed by atoms with van der Waals surface area (Å²) in [6.07, 6.45) is 1.90. The molecule has 2 rings (SSSR count). The van der Waals surface area contributed by atoms with E-state index in [2.05, 4.69) is 25.9 Å². The highest BCUT2D eigenvalue weighted by Gasteiger charge is 2.16. The summed E-state index contributed by atoms with van der Waals surface area (Å²) in [5.74, 6) is 1.32. The standard InChI is InChI=1S/C19H26N2O2/c1-6-18-14(4)20-21(15(18)5)19(22)16-7-9-17(10-8-16)23-12-11-13(2)3/h7-10,13H,6,11-12H2,1-5H3. The Morgan fingerprint density at radius 3 is 2.39 bits per heavy atom. The van der Waals surface area contributed by atoms with Crippen molar-refractivity contribution in [3.63, 3.8) is 0 Å². The van der Waals surface area contributed by atoms with Crippen LogP contribution in [0.1, 0.15) is 54.5 Å². The highest BCUT2D eigenvalue weighted by atomic mass is 16.5. The Morgan fingerprint density at radius 2 is 1.87 bits per heavy atom. The first kappa shape index (κ1) is 17.3. The monoisotopic (exact) mass is 314 g/mol. The molecule has 0 unspecified atom stereocenters. The van der Waals surface area contributed by atoms with Crippen LogP contribution in [0.15, 0.2) is 24.3 Å². The van der Waals surface area contributed by atoms with E-state index in [4.69, 9.17) is 4.74 Å². The van der Waals surface area contributed by atoms with Gasteiger partial charge in [-0.25, -0.2) is 4.68 Å². The number of aryl methyl sites for hydroxylation is 1. The van der Waals surface area contributed by atoms with Crippen LogP contribution in [0.25, 0.3) is 0 Å². The number of ether oxygens (including phenoxy) is 1. The summed E-state index contributed by atoms with van der Waals surface area (Å²) in [5.41, 5.74) is 3.61. The summed E-state index contributed by atoms with van der Waals surface area (Å²) in [7, 11) is 0. The minimum Gasteiger partial charge on any atom is -0.494 e. The molecule has 0 aliphatic heterocycles. The molecule has 2 aromatic rings. The van der Waals surface area contributed by atoms with Gasteiger partial charge in [0.25, 0.3) is 5.91 Å². The Kier molecular flexibility index (Phi) is 5.59. The van der Waals surface area contributed by atoms with Crippen molar-refractivity contribution in [2.75, 3.05) is 6.61 Å². The Bertz CT molecular complexity index is 669. The van der Waals surface area contributed by atoms with Gasteiger partial charge in [0, 0.05) is 11.3 Å². The molecule has 0 fully saturated rings. The van der Waals surface area contributed by atoms with Crippen LogP contribution < -0.4 is 4.74 Å². The van der Waals surface area contributed by atoms with Crippen LogP contribution in [0.4, 0.5) is 0 Å². The quantitative estimate of drug-likeness (QED) is 0.803. The Balaban J connectivity index is 2.11. The van der Waals surface area contributed by atoms with Crippen molar-refractivity contribution in [1.82, 2.24) is 9.78 Å². The molecule has 0 saturated heterocycles. The SMILES string of the molecule is CCc1c(C)nn(C(=O)c2ccc(OCCC(C)C)cc2)c1C. The normalized spacial score (nSPS) is 11.0. The molecule has 0 saturated carbocycles. The molecule has 0 aliphatic carbocycles. The van der Waals surface area contributed by atoms with Gasteiger partial charge in [-0.2, -0.15) is 5.10 Å². The first-order chi connectivity index (χ1) is 10.9. The van der Waals surface area contributed by atoms with Gasteiger partial charge in [0.05, 0.1) is 12.3 Å². The van der Waals surface area contributed by atoms with Crippen molar-refractivity contribution in [3.8, 4) is 5.75 Å². The maximum Gasteiger partial charge on any atom is 0.278 e. The van der Waals surface area contributed by atoms with Gasteiger partial charge in [0.1, 0.15) is 5.75 Å². The zero-order valence-electron chi connectivity index (χ0n) is 14.7. The molecule has 4 heteroatoms. The lowest BCUT2D eigenvalue weighted by atomic mass is 10.1. The predicted octanol–water partition coefficient (Wildman–Crippen LogP) is 4.18. The second-order valence-electron chi connectivity index (χ2n) is 6.28. The molecular formula is C19H26N2O2. The van der Waals surface area contributed by atoms with Gasteiger partial charge in [-0.15, -0.1) is 0 Å². The lowest BCUT2D eigenvalue weighted by Crippen LogP contribution is -2.15. The number of nitrogens with zero attached hydrogens (tertiary/aromatic N) is 2. The van der Waals surface area contributed by atoms with Crippen LogP contribution in [0.5, 0.6) is 5.75 Å². The van der Waals surface area contributed by atoms with Crippen molar-refractivity contribution in [3.05, 3.63) is 46.8 Å². The molecule has 1 aromatic heterocycles. The molecule has 1 heterocycles. The fraction of sp³-hybridized carbons (Fsp3) is 0.474. The predicted molar refractivity (Wildman–Crippen MR) is 92.2 cm³/mol. The Hall–Kier alpha value is -2.10. The maximum absolute atomic E-state index is 12.6. The number of hydrogen-bond acceptors (Lipinski definition) is 3. The molecule has 0 radical (unpaired) electrons. The summed E-state index contributed by atoms with van der Waals surface area (Å²) < 4.78 is 7.19. The Morgan fingerprint density at radius 1 is 1.22 bits per heavy atom. The topological polar surface area (TPSA) is 44.1 Å². The fourth-order valence-electron chi connectivity index (χ4n) is 2.61. The zero-order chi connectivity index (χ0) is 17.0. The van der Waals surface area contributed by atoms with Crippen LogP contribution in [-0.2, 0) is 6.42 Å². The molecule has 23 heavy (non-hydrogen) atoms. The number of aromatic nitrogens is 2. The van der Waals surface area contributed by atoms with E-state index in [-0.39, 0.29) is 5.91 Å². The number of benzene rings is 1. The van der Waals surface area contributed by atoms with Crippen LogP contribution >= 0.6 is 0 Å². The van der Waals surface area contributed by atoms with E-state index in [0.717, 1.165) is 35.5 Å². The third kappa shape index (κ3) is 4.01. The van der Waals surface area contributed by atoms with E-state index in [1.54, 1.807) is 12.1 Å². The number of carbonyl (C=O) groups is 1. The average molecular weight is 314 g/mol. The lowest BCUT2D eigenvalue weighted by Gasteiger charge is -2.09. The van der Waals surface area contributed by atoms with Crippen LogP contribution in [0, 0.1) is 19.8 Å². The van der Waals surface area contributed by atoms with Crippen molar-refractivity contribution in [2.24, 2.45) is 5.92 Å². The van der Waals surface area contributed by atoms with Gasteiger partial charge in [-0.1, -0.05) is 20.8 Å². The summed E-state index contributed by atoms with van der Waals surface area (Å²) in [4.78, 5) is 12.6. The summed E-state index contributed by atoms with van der Waals surface area (Å²) >= 11 is 0. The molecule has 0 atom stereocenters. The van der Waals surface area contributed by atoms with E-state index in [0.29, 0.717) is 18.1 Å². The van der Waals surface area contributed by atoms with Gasteiger partial charge >= 0.3 is 0 Å². The van der Waals surface area contributed by atoms with Crippen molar-refractivity contribution >= 4 is 5.91 Å². The first-order valence-corrected chi connectivity index (χ1v) is 8.26. The smallest absolute Gasteiger partial charge is 0.278 e. The van der Waals surface area contributed by atoms with E-state index >= 15 is 0 Å². The highest BCUT2D eigenvalue weighted by molar-refractivity contribution is 5.96. The van der Waals surface area contributed by atoms with Gasteiger partial charge in [-0.3, -0.25) is 4.79 Å². The van der Waals surface area contributed by atoms with Crippen LogP contribution in [-0.4, -0.2) is 22.3 Å². The van der Waals surface area contributed by atoms with E-state index in [1.807, 2.05) is 26.0 Å². The lowest BCUT2D eigenvalue weighted by molar-refractivity contribution is 0.0942. The van der Waals surface area contributed by atoms with Crippen LogP contribution in [0.3, 0.4) is 0 Å². The van der Waals surface area contributed by atoms with Crippen molar-refractivity contribution < 1.29 is 9.53 Å². The molecule has 0 amide bonds. The molecule has 0 aliphatic rings. The van der Waals surface area contributed by atoms with Crippen molar-refractivity contribution in [1.29, 1.82) is 0 Å². The second-order valence-corrected chi connectivity index (χ2v) is 6.28. The maximum atomic E-state index is 12.6. The molecule has 0 N–H and O–H groups in total. The number of carbonyl (C=O) groups excluding carboxylic acids is 1.